The molecule has 5 heteroatoms. The van der Waals surface area contributed by atoms with Gasteiger partial charge in [0.15, 0.2) is 0 Å². The van der Waals surface area contributed by atoms with Gasteiger partial charge in [-0.05, 0) is 42.2 Å². The van der Waals surface area contributed by atoms with E-state index in [0.29, 0.717) is 19.5 Å². The maximum Gasteiger partial charge on any atom is 0.243 e. The molecule has 5 nitrogen and oxygen atoms in total. The number of benzene rings is 2. The molecular weight excluding hydrogens is 340 g/mol. The first kappa shape index (κ1) is 19.0. The number of carbonyl (C=O) groups is 2. The van der Waals surface area contributed by atoms with Gasteiger partial charge in [0, 0.05) is 19.5 Å². The largest absolute Gasteiger partial charge is 0.457 e. The van der Waals surface area contributed by atoms with E-state index < -0.39 is 6.04 Å². The maximum atomic E-state index is 12.7. The molecule has 2 aromatic carbocycles. The zero-order chi connectivity index (χ0) is 19.2. The predicted octanol–water partition coefficient (Wildman–Crippen LogP) is 3.74. The molecule has 0 spiro atoms. The summed E-state index contributed by atoms with van der Waals surface area (Å²) in [7, 11) is 0. The van der Waals surface area contributed by atoms with Crippen LogP contribution in [0.15, 0.2) is 54.6 Å². The molecule has 1 saturated heterocycles. The van der Waals surface area contributed by atoms with Crippen LogP contribution in [0, 0.1) is 5.92 Å². The minimum atomic E-state index is -0.402. The predicted molar refractivity (Wildman–Crippen MR) is 104 cm³/mol. The van der Waals surface area contributed by atoms with Crippen LogP contribution in [0.2, 0.25) is 0 Å². The molecule has 0 aliphatic carbocycles. The van der Waals surface area contributed by atoms with E-state index >= 15 is 0 Å². The maximum absolute atomic E-state index is 12.7. The lowest BCUT2D eigenvalue weighted by Crippen LogP contribution is -2.50. The first-order chi connectivity index (χ1) is 13.0. The van der Waals surface area contributed by atoms with Crippen LogP contribution < -0.4 is 10.1 Å². The summed E-state index contributed by atoms with van der Waals surface area (Å²) < 4.78 is 5.78. The number of ether oxygens (including phenoxy) is 1. The van der Waals surface area contributed by atoms with Gasteiger partial charge >= 0.3 is 0 Å². The number of para-hydroxylation sites is 1. The molecular formula is C22H26N2O3. The Balaban J connectivity index is 1.57. The fourth-order valence-electron chi connectivity index (χ4n) is 3.36. The molecule has 1 aliphatic rings. The van der Waals surface area contributed by atoms with Crippen molar-refractivity contribution in [2.24, 2.45) is 5.92 Å². The summed E-state index contributed by atoms with van der Waals surface area (Å²) in [5.41, 5.74) is 0.985. The number of amides is 2. The molecule has 1 atom stereocenters. The molecule has 1 aliphatic heterocycles. The Bertz CT molecular complexity index is 772. The second kappa shape index (κ2) is 8.71. The highest BCUT2D eigenvalue weighted by Gasteiger charge is 2.34. The molecule has 0 aromatic heterocycles. The van der Waals surface area contributed by atoms with E-state index in [4.69, 9.17) is 4.74 Å². The number of nitrogens with zero attached hydrogens (tertiary/aromatic N) is 1. The van der Waals surface area contributed by atoms with E-state index in [0.717, 1.165) is 23.5 Å². The zero-order valence-corrected chi connectivity index (χ0v) is 15.9. The average molecular weight is 366 g/mol. The number of carbonyl (C=O) groups excluding carboxylic acids is 2. The van der Waals surface area contributed by atoms with Crippen LogP contribution in [0.5, 0.6) is 11.5 Å². The highest BCUT2D eigenvalue weighted by atomic mass is 16.5. The van der Waals surface area contributed by atoms with E-state index in [1.165, 1.54) is 0 Å². The fraction of sp³-hybridized carbons (Fsp3) is 0.364. The van der Waals surface area contributed by atoms with Crippen molar-refractivity contribution in [3.63, 3.8) is 0 Å². The lowest BCUT2D eigenvalue weighted by Gasteiger charge is -2.29. The Morgan fingerprint density at radius 3 is 2.33 bits per heavy atom. The lowest BCUT2D eigenvalue weighted by atomic mass is 10.0. The first-order valence-corrected chi connectivity index (χ1v) is 9.43. The number of rotatable bonds is 7. The van der Waals surface area contributed by atoms with Crippen molar-refractivity contribution in [3.05, 3.63) is 60.2 Å². The topological polar surface area (TPSA) is 58.6 Å². The van der Waals surface area contributed by atoms with E-state index in [1.54, 1.807) is 4.90 Å². The molecule has 1 N–H and O–H groups in total. The molecule has 2 amide bonds. The molecule has 0 bridgehead atoms. The van der Waals surface area contributed by atoms with Crippen molar-refractivity contribution in [2.45, 2.75) is 39.3 Å². The van der Waals surface area contributed by atoms with Gasteiger partial charge in [0.1, 0.15) is 17.5 Å². The van der Waals surface area contributed by atoms with Gasteiger partial charge in [-0.25, -0.2) is 0 Å². The van der Waals surface area contributed by atoms with E-state index in [9.17, 15) is 9.59 Å². The van der Waals surface area contributed by atoms with Crippen LogP contribution in [-0.2, 0) is 16.1 Å². The Labute approximate surface area is 160 Å². The minimum absolute atomic E-state index is 0.0752. The SMILES string of the molecule is CC(C)C(C(=O)NCc1ccc(Oc2ccccc2)cc1)N1CCCC1=O. The van der Waals surface area contributed by atoms with Gasteiger partial charge in [-0.2, -0.15) is 0 Å². The summed E-state index contributed by atoms with van der Waals surface area (Å²) >= 11 is 0. The third-order valence-electron chi connectivity index (χ3n) is 4.71. The summed E-state index contributed by atoms with van der Waals surface area (Å²) in [5, 5.41) is 2.97. The highest BCUT2D eigenvalue weighted by molar-refractivity contribution is 5.88. The van der Waals surface area contributed by atoms with Gasteiger partial charge in [-0.15, -0.1) is 0 Å². The monoisotopic (exact) mass is 366 g/mol. The minimum Gasteiger partial charge on any atom is -0.457 e. The van der Waals surface area contributed by atoms with Crippen molar-refractivity contribution in [1.82, 2.24) is 10.2 Å². The van der Waals surface area contributed by atoms with Crippen molar-refractivity contribution < 1.29 is 14.3 Å². The van der Waals surface area contributed by atoms with Gasteiger partial charge in [-0.3, -0.25) is 9.59 Å². The number of nitrogens with one attached hydrogen (secondary N) is 1. The molecule has 27 heavy (non-hydrogen) atoms. The van der Waals surface area contributed by atoms with Crippen molar-refractivity contribution >= 4 is 11.8 Å². The van der Waals surface area contributed by atoms with Crippen LogP contribution in [0.25, 0.3) is 0 Å². The van der Waals surface area contributed by atoms with Crippen LogP contribution in [-0.4, -0.2) is 29.3 Å². The molecule has 1 unspecified atom stereocenters. The molecule has 1 fully saturated rings. The van der Waals surface area contributed by atoms with Crippen LogP contribution in [0.1, 0.15) is 32.3 Å². The van der Waals surface area contributed by atoms with Gasteiger partial charge in [0.25, 0.3) is 0 Å². The normalized spacial score (nSPS) is 15.1. The summed E-state index contributed by atoms with van der Waals surface area (Å²) in [6, 6.07) is 16.8. The van der Waals surface area contributed by atoms with Crippen LogP contribution >= 0.6 is 0 Å². The Morgan fingerprint density at radius 1 is 1.07 bits per heavy atom. The van der Waals surface area contributed by atoms with Gasteiger partial charge in [-0.1, -0.05) is 44.2 Å². The Kier molecular flexibility index (Phi) is 6.12. The first-order valence-electron chi connectivity index (χ1n) is 9.43. The molecule has 1 heterocycles. The summed E-state index contributed by atoms with van der Waals surface area (Å²) in [4.78, 5) is 26.4. The smallest absolute Gasteiger partial charge is 0.243 e. The van der Waals surface area contributed by atoms with E-state index in [-0.39, 0.29) is 17.7 Å². The summed E-state index contributed by atoms with van der Waals surface area (Å²) in [6.45, 7) is 5.05. The van der Waals surface area contributed by atoms with Crippen molar-refractivity contribution in [1.29, 1.82) is 0 Å². The molecule has 2 aromatic rings. The standard InChI is InChI=1S/C22H26N2O3/c1-16(2)21(24-14-6-9-20(24)25)22(26)23-15-17-10-12-19(13-11-17)27-18-7-4-3-5-8-18/h3-5,7-8,10-13,16,21H,6,9,14-15H2,1-2H3,(H,23,26). The molecule has 3 rings (SSSR count). The van der Waals surface area contributed by atoms with Gasteiger partial charge in [0.2, 0.25) is 11.8 Å². The van der Waals surface area contributed by atoms with E-state index in [2.05, 4.69) is 5.32 Å². The van der Waals surface area contributed by atoms with Crippen molar-refractivity contribution in [2.75, 3.05) is 6.54 Å². The quantitative estimate of drug-likeness (QED) is 0.812. The van der Waals surface area contributed by atoms with E-state index in [1.807, 2.05) is 68.4 Å². The third kappa shape index (κ3) is 4.88. The van der Waals surface area contributed by atoms with Crippen molar-refractivity contribution in [3.8, 4) is 11.5 Å². The highest BCUT2D eigenvalue weighted by Crippen LogP contribution is 2.22. The Morgan fingerprint density at radius 2 is 1.74 bits per heavy atom. The van der Waals surface area contributed by atoms with Gasteiger partial charge in [0.05, 0.1) is 0 Å². The fourth-order valence-corrected chi connectivity index (χ4v) is 3.36. The molecule has 142 valence electrons. The van der Waals surface area contributed by atoms with Gasteiger partial charge < -0.3 is 15.0 Å². The lowest BCUT2D eigenvalue weighted by molar-refractivity contribution is -0.139. The second-order valence-corrected chi connectivity index (χ2v) is 7.16. The molecule has 0 saturated carbocycles. The zero-order valence-electron chi connectivity index (χ0n) is 15.9. The third-order valence-corrected chi connectivity index (χ3v) is 4.71. The number of likely N-dealkylation sites (tertiary alicyclic amines) is 1. The summed E-state index contributed by atoms with van der Waals surface area (Å²) in [5.74, 6) is 1.59. The molecule has 0 radical (unpaired) electrons. The van der Waals surface area contributed by atoms with Crippen LogP contribution in [0.3, 0.4) is 0 Å². The average Bonchev–Trinajstić information content (AvgIpc) is 3.07. The summed E-state index contributed by atoms with van der Waals surface area (Å²) in [6.07, 6.45) is 1.37. The number of hydrogen-bond acceptors (Lipinski definition) is 3. The number of hydrogen-bond donors (Lipinski definition) is 1. The Hall–Kier alpha value is -2.82. The second-order valence-electron chi connectivity index (χ2n) is 7.16. The van der Waals surface area contributed by atoms with Crippen LogP contribution in [0.4, 0.5) is 0 Å².